The van der Waals surface area contributed by atoms with Crippen LogP contribution in [0.15, 0.2) is 4.99 Å². The molecule has 0 unspecified atom stereocenters. The molecular formula is C10H6F13NO. The third kappa shape index (κ3) is 3.70. The topological polar surface area (TPSA) is 29.4 Å². The van der Waals surface area contributed by atoms with Gasteiger partial charge in [-0.2, -0.15) is 57.1 Å². The van der Waals surface area contributed by atoms with Gasteiger partial charge in [0.05, 0.1) is 6.54 Å². The number of halogens is 13. The lowest BCUT2D eigenvalue weighted by Crippen LogP contribution is -2.70. The third-order valence-electron chi connectivity index (χ3n) is 2.82. The van der Waals surface area contributed by atoms with Crippen molar-refractivity contribution in [2.24, 2.45) is 4.99 Å². The van der Waals surface area contributed by atoms with Crippen LogP contribution in [0.5, 0.6) is 0 Å². The zero-order valence-electron chi connectivity index (χ0n) is 11.4. The molecule has 0 aromatic heterocycles. The van der Waals surface area contributed by atoms with Crippen LogP contribution in [-0.2, 0) is 4.79 Å². The summed E-state index contributed by atoms with van der Waals surface area (Å²) in [5.74, 6) is -36.8. The summed E-state index contributed by atoms with van der Waals surface area (Å²) in [6, 6.07) is 0. The van der Waals surface area contributed by atoms with Gasteiger partial charge in [0, 0.05) is 6.42 Å². The van der Waals surface area contributed by atoms with Crippen LogP contribution < -0.4 is 0 Å². The summed E-state index contributed by atoms with van der Waals surface area (Å²) in [6.07, 6.45) is -10.3. The Bertz CT molecular complexity index is 517. The van der Waals surface area contributed by atoms with E-state index in [9.17, 15) is 61.9 Å². The molecule has 0 atom stereocenters. The van der Waals surface area contributed by atoms with Gasteiger partial charge in [-0.05, 0) is 6.42 Å². The summed E-state index contributed by atoms with van der Waals surface area (Å²) in [5, 5.41) is 0. The van der Waals surface area contributed by atoms with E-state index in [1.165, 1.54) is 0 Å². The molecule has 0 heterocycles. The number of aliphatic imine (C=N–C) groups is 1. The van der Waals surface area contributed by atoms with Crippen molar-refractivity contribution >= 4 is 6.08 Å². The molecule has 0 saturated heterocycles. The van der Waals surface area contributed by atoms with Crippen molar-refractivity contribution in [1.82, 2.24) is 0 Å². The van der Waals surface area contributed by atoms with Crippen molar-refractivity contribution in [1.29, 1.82) is 0 Å². The first kappa shape index (κ1) is 23.5. The van der Waals surface area contributed by atoms with Crippen LogP contribution in [-0.4, -0.2) is 48.4 Å². The minimum atomic E-state index is -7.90. The lowest BCUT2D eigenvalue weighted by Gasteiger charge is -2.39. The fraction of sp³-hybridized carbons (Fsp3) is 0.900. The maximum Gasteiger partial charge on any atom is 0.460 e. The molecule has 0 bridgehead atoms. The van der Waals surface area contributed by atoms with E-state index in [4.69, 9.17) is 0 Å². The first-order chi connectivity index (χ1) is 10.8. The zero-order chi connectivity index (χ0) is 20.5. The summed E-state index contributed by atoms with van der Waals surface area (Å²) >= 11 is 0. The Morgan fingerprint density at radius 2 is 1.04 bits per heavy atom. The highest BCUT2D eigenvalue weighted by Gasteiger charge is 2.90. The minimum absolute atomic E-state index is 0.734. The molecule has 0 aliphatic carbocycles. The summed E-state index contributed by atoms with van der Waals surface area (Å²) in [4.78, 5) is 12.1. The fourth-order valence-corrected chi connectivity index (χ4v) is 1.38. The van der Waals surface area contributed by atoms with E-state index in [0.29, 0.717) is 0 Å². The summed E-state index contributed by atoms with van der Waals surface area (Å²) < 4.78 is 165. The molecule has 15 heteroatoms. The van der Waals surface area contributed by atoms with Gasteiger partial charge in [-0.1, -0.05) is 0 Å². The second-order valence-electron chi connectivity index (χ2n) is 4.58. The first-order valence-electron chi connectivity index (χ1n) is 5.80. The quantitative estimate of drug-likeness (QED) is 0.247. The highest BCUT2D eigenvalue weighted by atomic mass is 19.4. The highest BCUT2D eigenvalue weighted by molar-refractivity contribution is 5.32. The van der Waals surface area contributed by atoms with Gasteiger partial charge in [-0.15, -0.1) is 0 Å². The van der Waals surface area contributed by atoms with Crippen LogP contribution in [0.25, 0.3) is 0 Å². The summed E-state index contributed by atoms with van der Waals surface area (Å²) in [6.45, 7) is -0.990. The van der Waals surface area contributed by atoms with E-state index < -0.39 is 55.2 Å². The Labute approximate surface area is 129 Å². The maximum atomic E-state index is 13.1. The van der Waals surface area contributed by atoms with Crippen LogP contribution in [0.2, 0.25) is 0 Å². The molecule has 0 rings (SSSR count). The van der Waals surface area contributed by atoms with E-state index in [-0.39, 0.29) is 0 Å². The minimum Gasteiger partial charge on any atom is -0.211 e. The fourth-order valence-electron chi connectivity index (χ4n) is 1.38. The standard InChI is InChI=1S/C10H6F13NO/c11-5(12,2-1-3-24-4-25)6(13,14)7(15,16)8(17,18)9(19,20)10(21,22)23/h1-3H2. The highest BCUT2D eigenvalue weighted by Crippen LogP contribution is 2.60. The lowest BCUT2D eigenvalue weighted by atomic mass is 9.92. The monoisotopic (exact) mass is 403 g/mol. The SMILES string of the molecule is O=C=NCCCC(F)(F)C(F)(F)C(F)(F)C(F)(F)C(F)(F)C(F)(F)F. The van der Waals surface area contributed by atoms with Crippen molar-refractivity contribution in [3.63, 3.8) is 0 Å². The molecule has 0 aromatic carbocycles. The first-order valence-corrected chi connectivity index (χ1v) is 5.80. The van der Waals surface area contributed by atoms with E-state index in [1.54, 1.807) is 0 Å². The van der Waals surface area contributed by atoms with Crippen LogP contribution in [0.3, 0.4) is 0 Å². The molecule has 0 N–H and O–H groups in total. The molecule has 25 heavy (non-hydrogen) atoms. The van der Waals surface area contributed by atoms with Gasteiger partial charge >= 0.3 is 35.8 Å². The molecule has 0 radical (unpaired) electrons. The number of hydrogen-bond donors (Lipinski definition) is 0. The summed E-state index contributed by atoms with van der Waals surface area (Å²) in [5.41, 5.74) is 0. The van der Waals surface area contributed by atoms with Crippen molar-refractivity contribution in [3.05, 3.63) is 0 Å². The Kier molecular flexibility index (Phi) is 6.24. The molecule has 2 nitrogen and oxygen atoms in total. The predicted octanol–water partition coefficient (Wildman–Crippen LogP) is 4.84. The van der Waals surface area contributed by atoms with Crippen molar-refractivity contribution in [3.8, 4) is 0 Å². The van der Waals surface area contributed by atoms with E-state index in [1.807, 2.05) is 0 Å². The number of isocyanates is 1. The third-order valence-corrected chi connectivity index (χ3v) is 2.82. The number of nitrogens with zero attached hydrogens (tertiary/aromatic N) is 1. The van der Waals surface area contributed by atoms with Gasteiger partial charge in [0.2, 0.25) is 6.08 Å². The van der Waals surface area contributed by atoms with Gasteiger partial charge in [0.15, 0.2) is 0 Å². The molecule has 0 aliphatic heterocycles. The van der Waals surface area contributed by atoms with Gasteiger partial charge in [-0.25, -0.2) is 9.79 Å². The second-order valence-corrected chi connectivity index (χ2v) is 4.58. The number of rotatable bonds is 8. The normalized spacial score (nSPS) is 15.1. The predicted molar refractivity (Wildman–Crippen MR) is 53.0 cm³/mol. The van der Waals surface area contributed by atoms with Crippen LogP contribution >= 0.6 is 0 Å². The molecule has 0 amide bonds. The van der Waals surface area contributed by atoms with Gasteiger partial charge < -0.3 is 0 Å². The smallest absolute Gasteiger partial charge is 0.211 e. The average molecular weight is 403 g/mol. The zero-order valence-corrected chi connectivity index (χ0v) is 11.4. The molecule has 0 spiro atoms. The van der Waals surface area contributed by atoms with E-state index in [0.717, 1.165) is 6.08 Å². The Hall–Kier alpha value is -1.53. The number of hydrogen-bond acceptors (Lipinski definition) is 2. The molecule has 0 fully saturated rings. The molecular weight excluding hydrogens is 397 g/mol. The maximum absolute atomic E-state index is 13.1. The summed E-state index contributed by atoms with van der Waals surface area (Å²) in [7, 11) is 0. The largest absolute Gasteiger partial charge is 0.460 e. The molecule has 0 aliphatic rings. The molecule has 148 valence electrons. The van der Waals surface area contributed by atoms with Gasteiger partial charge in [0.25, 0.3) is 0 Å². The Morgan fingerprint density at radius 1 is 0.640 bits per heavy atom. The van der Waals surface area contributed by atoms with Crippen LogP contribution in [0.4, 0.5) is 57.1 Å². The average Bonchev–Trinajstić information content (AvgIpc) is 2.41. The van der Waals surface area contributed by atoms with Crippen molar-refractivity contribution in [2.75, 3.05) is 6.54 Å². The second kappa shape index (κ2) is 6.65. The Balaban J connectivity index is 5.90. The van der Waals surface area contributed by atoms with Gasteiger partial charge in [-0.3, -0.25) is 0 Å². The molecule has 0 saturated carbocycles. The van der Waals surface area contributed by atoms with Gasteiger partial charge in [0.1, 0.15) is 0 Å². The van der Waals surface area contributed by atoms with Crippen molar-refractivity contribution < 1.29 is 61.9 Å². The Morgan fingerprint density at radius 3 is 1.40 bits per heavy atom. The van der Waals surface area contributed by atoms with E-state index in [2.05, 4.69) is 4.99 Å². The number of carbonyl (C=O) groups excluding carboxylic acids is 1. The van der Waals surface area contributed by atoms with E-state index >= 15 is 0 Å². The number of alkyl halides is 13. The van der Waals surface area contributed by atoms with Crippen LogP contribution in [0, 0.1) is 0 Å². The molecule has 0 aromatic rings. The lowest BCUT2D eigenvalue weighted by molar-refractivity contribution is -0.440. The van der Waals surface area contributed by atoms with Crippen LogP contribution in [0.1, 0.15) is 12.8 Å². The van der Waals surface area contributed by atoms with Crippen molar-refractivity contribution in [2.45, 2.75) is 48.6 Å².